The Balaban J connectivity index is 1.56. The van der Waals surface area contributed by atoms with Crippen LogP contribution in [0.2, 0.25) is 0 Å². The van der Waals surface area contributed by atoms with Crippen LogP contribution in [0.15, 0.2) is 84.9 Å². The van der Waals surface area contributed by atoms with Crippen LogP contribution in [0, 0.1) is 0 Å². The predicted molar refractivity (Wildman–Crippen MR) is 128 cm³/mol. The molecule has 0 unspecified atom stereocenters. The van der Waals surface area contributed by atoms with Crippen LogP contribution < -0.4 is 10.1 Å². The molecule has 0 saturated carbocycles. The summed E-state index contributed by atoms with van der Waals surface area (Å²) in [5.41, 5.74) is 3.53. The van der Waals surface area contributed by atoms with Gasteiger partial charge < -0.3 is 4.74 Å². The van der Waals surface area contributed by atoms with Crippen LogP contribution in [-0.2, 0) is 0 Å². The van der Waals surface area contributed by atoms with Crippen molar-refractivity contribution in [2.24, 2.45) is 0 Å². The number of ether oxygens (including phenoxy) is 1. The Hall–Kier alpha value is -3.44. The average Bonchev–Trinajstić information content (AvgIpc) is 3.24. The number of carbonyl (C=O) groups excluding carboxylic acids is 1. The molecule has 1 amide bonds. The highest BCUT2D eigenvalue weighted by Crippen LogP contribution is 2.39. The molecule has 0 radical (unpaired) electrons. The maximum absolute atomic E-state index is 12.8. The maximum Gasteiger partial charge on any atom is 0.257 e. The lowest BCUT2D eigenvalue weighted by Crippen LogP contribution is -2.11. The van der Waals surface area contributed by atoms with Gasteiger partial charge in [0.15, 0.2) is 5.13 Å². The molecule has 1 N–H and O–H groups in total. The monoisotopic (exact) mass is 428 g/mol. The second-order valence-electron chi connectivity index (χ2n) is 7.11. The summed E-state index contributed by atoms with van der Waals surface area (Å²) in [5, 5.41) is 3.53. The van der Waals surface area contributed by atoms with Crippen LogP contribution in [0.25, 0.3) is 21.7 Å². The van der Waals surface area contributed by atoms with E-state index in [0.717, 1.165) is 40.3 Å². The number of thiazole rings is 1. The van der Waals surface area contributed by atoms with Crippen molar-refractivity contribution in [1.29, 1.82) is 0 Å². The number of benzene rings is 3. The van der Waals surface area contributed by atoms with Crippen molar-refractivity contribution in [3.8, 4) is 27.4 Å². The van der Waals surface area contributed by atoms with Crippen molar-refractivity contribution in [2.75, 3.05) is 11.9 Å². The van der Waals surface area contributed by atoms with E-state index >= 15 is 0 Å². The summed E-state index contributed by atoms with van der Waals surface area (Å²) in [7, 11) is 0. The fraction of sp³-hybridized carbons (Fsp3) is 0.154. The van der Waals surface area contributed by atoms with Crippen LogP contribution in [0.1, 0.15) is 30.1 Å². The highest BCUT2D eigenvalue weighted by atomic mass is 32.1. The number of nitrogens with one attached hydrogen (secondary N) is 1. The molecule has 156 valence electrons. The van der Waals surface area contributed by atoms with E-state index < -0.39 is 0 Å². The summed E-state index contributed by atoms with van der Waals surface area (Å²) >= 11 is 1.48. The Labute approximate surface area is 186 Å². The number of anilines is 1. The minimum absolute atomic E-state index is 0.187. The molecule has 4 nitrogen and oxygen atoms in total. The second kappa shape index (κ2) is 10.0. The summed E-state index contributed by atoms with van der Waals surface area (Å²) in [4.78, 5) is 18.6. The number of rotatable bonds is 8. The van der Waals surface area contributed by atoms with Gasteiger partial charge in [-0.25, -0.2) is 4.98 Å². The van der Waals surface area contributed by atoms with Crippen LogP contribution in [0.5, 0.6) is 5.75 Å². The van der Waals surface area contributed by atoms with E-state index in [1.54, 1.807) is 12.1 Å². The number of amides is 1. The number of hydrogen-bond acceptors (Lipinski definition) is 4. The van der Waals surface area contributed by atoms with Gasteiger partial charge in [-0.05, 0) is 36.2 Å². The van der Waals surface area contributed by atoms with Crippen LogP contribution in [0.4, 0.5) is 5.13 Å². The Bertz CT molecular complexity index is 1070. The molecule has 31 heavy (non-hydrogen) atoms. The Morgan fingerprint density at radius 2 is 1.55 bits per heavy atom. The van der Waals surface area contributed by atoms with Gasteiger partial charge in [-0.2, -0.15) is 0 Å². The van der Waals surface area contributed by atoms with Crippen molar-refractivity contribution in [3.63, 3.8) is 0 Å². The number of aromatic nitrogens is 1. The summed E-state index contributed by atoms with van der Waals surface area (Å²) in [6.45, 7) is 2.81. The van der Waals surface area contributed by atoms with Gasteiger partial charge in [-0.3, -0.25) is 10.1 Å². The summed E-state index contributed by atoms with van der Waals surface area (Å²) < 4.78 is 5.67. The van der Waals surface area contributed by atoms with Gasteiger partial charge in [0.05, 0.1) is 17.2 Å². The normalized spacial score (nSPS) is 10.6. The lowest BCUT2D eigenvalue weighted by atomic mass is 10.1. The minimum Gasteiger partial charge on any atom is -0.494 e. The van der Waals surface area contributed by atoms with Crippen LogP contribution in [0.3, 0.4) is 0 Å². The Morgan fingerprint density at radius 1 is 0.903 bits per heavy atom. The molecule has 1 aromatic heterocycles. The third-order valence-corrected chi connectivity index (χ3v) is 5.83. The largest absolute Gasteiger partial charge is 0.494 e. The van der Waals surface area contributed by atoms with E-state index in [4.69, 9.17) is 9.72 Å². The number of hydrogen-bond donors (Lipinski definition) is 1. The SMILES string of the molecule is CCCCOc1ccc(C(=O)Nc2nc(-c3ccccc3)c(-c3ccccc3)s2)cc1. The second-order valence-corrected chi connectivity index (χ2v) is 8.11. The number of unbranched alkanes of at least 4 members (excludes halogenated alkanes) is 1. The molecular weight excluding hydrogens is 404 g/mol. The van der Waals surface area contributed by atoms with Crippen LogP contribution >= 0.6 is 11.3 Å². The standard InChI is InChI=1S/C26H24N2O2S/c1-2-3-18-30-22-16-14-21(15-17-22)25(29)28-26-27-23(19-10-6-4-7-11-19)24(31-26)20-12-8-5-9-13-20/h4-17H,2-3,18H2,1H3,(H,27,28,29). The van der Waals surface area contributed by atoms with E-state index in [1.807, 2.05) is 60.7 Å². The maximum atomic E-state index is 12.8. The Kier molecular flexibility index (Phi) is 6.75. The zero-order valence-electron chi connectivity index (χ0n) is 17.4. The van der Waals surface area contributed by atoms with Gasteiger partial charge in [-0.15, -0.1) is 0 Å². The molecule has 0 spiro atoms. The van der Waals surface area contributed by atoms with Crippen molar-refractivity contribution in [2.45, 2.75) is 19.8 Å². The van der Waals surface area contributed by atoms with Crippen molar-refractivity contribution in [1.82, 2.24) is 4.98 Å². The van der Waals surface area contributed by atoms with E-state index in [1.165, 1.54) is 11.3 Å². The molecule has 0 aliphatic rings. The first-order chi connectivity index (χ1) is 15.2. The highest BCUT2D eigenvalue weighted by Gasteiger charge is 2.17. The van der Waals surface area contributed by atoms with Gasteiger partial charge >= 0.3 is 0 Å². The number of carbonyl (C=O) groups is 1. The summed E-state index contributed by atoms with van der Waals surface area (Å²) in [6.07, 6.45) is 2.10. The molecular formula is C26H24N2O2S. The van der Waals surface area contributed by atoms with Crippen LogP contribution in [-0.4, -0.2) is 17.5 Å². The number of nitrogens with zero attached hydrogens (tertiary/aromatic N) is 1. The fourth-order valence-corrected chi connectivity index (χ4v) is 4.14. The van der Waals surface area contributed by atoms with Gasteiger partial charge in [0.25, 0.3) is 5.91 Å². The molecule has 3 aromatic carbocycles. The van der Waals surface area contributed by atoms with Crippen molar-refractivity contribution in [3.05, 3.63) is 90.5 Å². The molecule has 0 bridgehead atoms. The van der Waals surface area contributed by atoms with Gasteiger partial charge in [0.1, 0.15) is 5.75 Å². The average molecular weight is 429 g/mol. The quantitative estimate of drug-likeness (QED) is 0.310. The molecule has 4 aromatic rings. The van der Waals surface area contributed by atoms with E-state index in [-0.39, 0.29) is 5.91 Å². The third-order valence-electron chi connectivity index (χ3n) is 4.81. The van der Waals surface area contributed by atoms with Crippen molar-refractivity contribution < 1.29 is 9.53 Å². The lowest BCUT2D eigenvalue weighted by Gasteiger charge is -2.06. The summed E-state index contributed by atoms with van der Waals surface area (Å²) in [5.74, 6) is 0.588. The van der Waals surface area contributed by atoms with Crippen molar-refractivity contribution >= 4 is 22.4 Å². The molecule has 1 heterocycles. The molecule has 0 aliphatic heterocycles. The molecule has 0 saturated heterocycles. The van der Waals surface area contributed by atoms with E-state index in [2.05, 4.69) is 24.4 Å². The smallest absolute Gasteiger partial charge is 0.257 e. The molecule has 4 rings (SSSR count). The van der Waals surface area contributed by atoms with E-state index in [9.17, 15) is 4.79 Å². The first-order valence-corrected chi connectivity index (χ1v) is 11.2. The van der Waals surface area contributed by atoms with E-state index in [0.29, 0.717) is 17.3 Å². The highest BCUT2D eigenvalue weighted by molar-refractivity contribution is 7.19. The zero-order chi connectivity index (χ0) is 21.5. The fourth-order valence-electron chi connectivity index (χ4n) is 3.16. The molecule has 0 fully saturated rings. The lowest BCUT2D eigenvalue weighted by molar-refractivity contribution is 0.102. The third kappa shape index (κ3) is 5.19. The first-order valence-electron chi connectivity index (χ1n) is 10.4. The van der Waals surface area contributed by atoms with Gasteiger partial charge in [-0.1, -0.05) is 85.3 Å². The first kappa shape index (κ1) is 20.8. The molecule has 5 heteroatoms. The topological polar surface area (TPSA) is 51.2 Å². The predicted octanol–water partition coefficient (Wildman–Crippen LogP) is 6.91. The molecule has 0 atom stereocenters. The zero-order valence-corrected chi connectivity index (χ0v) is 18.2. The van der Waals surface area contributed by atoms with Gasteiger partial charge in [0.2, 0.25) is 0 Å². The summed E-state index contributed by atoms with van der Waals surface area (Å²) in [6, 6.07) is 27.4. The van der Waals surface area contributed by atoms with Gasteiger partial charge in [0, 0.05) is 11.1 Å². The minimum atomic E-state index is -0.187. The molecule has 0 aliphatic carbocycles. The Morgan fingerprint density at radius 3 is 2.19 bits per heavy atom.